The van der Waals surface area contributed by atoms with Crippen LogP contribution in [0.3, 0.4) is 0 Å². The molecule has 1 fully saturated rings. The van der Waals surface area contributed by atoms with E-state index in [0.29, 0.717) is 16.1 Å². The fraction of sp³-hybridized carbons (Fsp3) is 0.429. The quantitative estimate of drug-likeness (QED) is 0.821. The topological polar surface area (TPSA) is 64.3 Å². The molecule has 0 radical (unpaired) electrons. The summed E-state index contributed by atoms with van der Waals surface area (Å²) in [6, 6.07) is 7.15. The molecular formula is C14H18N2O2S. The van der Waals surface area contributed by atoms with Crippen molar-refractivity contribution < 1.29 is 9.53 Å². The van der Waals surface area contributed by atoms with Crippen LogP contribution in [0.4, 0.5) is 0 Å². The summed E-state index contributed by atoms with van der Waals surface area (Å²) in [7, 11) is 1.68. The van der Waals surface area contributed by atoms with Crippen LogP contribution in [0.25, 0.3) is 0 Å². The molecule has 1 aromatic rings. The van der Waals surface area contributed by atoms with Crippen LogP contribution >= 0.6 is 12.2 Å². The molecule has 0 spiro atoms. The highest BCUT2D eigenvalue weighted by atomic mass is 32.1. The van der Waals surface area contributed by atoms with E-state index in [1.165, 1.54) is 0 Å². The zero-order chi connectivity index (χ0) is 13.8. The third-order valence-electron chi connectivity index (χ3n) is 3.48. The van der Waals surface area contributed by atoms with Crippen molar-refractivity contribution >= 4 is 23.1 Å². The highest BCUT2D eigenvalue weighted by Crippen LogP contribution is 2.21. The Hall–Kier alpha value is -1.46. The Morgan fingerprint density at radius 2 is 2.16 bits per heavy atom. The lowest BCUT2D eigenvalue weighted by atomic mass is 10.1. The lowest BCUT2D eigenvalue weighted by Gasteiger charge is -2.19. The van der Waals surface area contributed by atoms with Gasteiger partial charge in [0.05, 0.1) is 12.1 Å². The number of benzene rings is 1. The molecule has 1 saturated carbocycles. The minimum Gasteiger partial charge on any atom is -0.389 e. The maximum atomic E-state index is 12.2. The molecule has 2 atom stereocenters. The second-order valence-corrected chi connectivity index (χ2v) is 5.17. The van der Waals surface area contributed by atoms with Gasteiger partial charge in [-0.2, -0.15) is 0 Å². The van der Waals surface area contributed by atoms with E-state index < -0.39 is 0 Å². The molecule has 19 heavy (non-hydrogen) atoms. The number of rotatable bonds is 4. The Bertz CT molecular complexity index is 490. The molecule has 1 aromatic carbocycles. The minimum absolute atomic E-state index is 0.0889. The van der Waals surface area contributed by atoms with Crippen LogP contribution in [-0.4, -0.2) is 30.2 Å². The average Bonchev–Trinajstić information content (AvgIpc) is 2.86. The van der Waals surface area contributed by atoms with Gasteiger partial charge < -0.3 is 15.8 Å². The zero-order valence-electron chi connectivity index (χ0n) is 10.9. The summed E-state index contributed by atoms with van der Waals surface area (Å²) in [6.07, 6.45) is 3.15. The van der Waals surface area contributed by atoms with E-state index in [-0.39, 0.29) is 18.1 Å². The van der Waals surface area contributed by atoms with Gasteiger partial charge in [0, 0.05) is 18.2 Å². The van der Waals surface area contributed by atoms with Gasteiger partial charge in [-0.05, 0) is 31.4 Å². The van der Waals surface area contributed by atoms with Crippen LogP contribution in [0.2, 0.25) is 0 Å². The normalized spacial score (nSPS) is 22.2. The van der Waals surface area contributed by atoms with Crippen LogP contribution in [0.1, 0.15) is 35.2 Å². The lowest BCUT2D eigenvalue weighted by molar-refractivity contribution is 0.0722. The summed E-state index contributed by atoms with van der Waals surface area (Å²) in [5, 5.41) is 3.01. The van der Waals surface area contributed by atoms with Gasteiger partial charge in [-0.3, -0.25) is 4.79 Å². The SMILES string of the molecule is COC1CCCC1NC(=O)c1cccc(C(N)=S)c1. The van der Waals surface area contributed by atoms with Crippen molar-refractivity contribution in [2.45, 2.75) is 31.4 Å². The molecule has 5 heteroatoms. The Morgan fingerprint density at radius 3 is 2.84 bits per heavy atom. The number of carbonyl (C=O) groups is 1. The number of thiocarbonyl (C=S) groups is 1. The average molecular weight is 278 g/mol. The molecule has 1 aliphatic carbocycles. The Balaban J connectivity index is 2.07. The number of ether oxygens (including phenoxy) is 1. The Morgan fingerprint density at radius 1 is 1.42 bits per heavy atom. The van der Waals surface area contributed by atoms with Crippen LogP contribution < -0.4 is 11.1 Å². The van der Waals surface area contributed by atoms with Gasteiger partial charge in [0.25, 0.3) is 5.91 Å². The van der Waals surface area contributed by atoms with Crippen LogP contribution in [0, 0.1) is 0 Å². The van der Waals surface area contributed by atoms with Gasteiger partial charge in [-0.1, -0.05) is 24.4 Å². The summed E-state index contributed by atoms with van der Waals surface area (Å²) in [5.41, 5.74) is 6.85. The summed E-state index contributed by atoms with van der Waals surface area (Å²) in [6.45, 7) is 0. The van der Waals surface area contributed by atoms with Crippen molar-refractivity contribution in [2.24, 2.45) is 5.73 Å². The Labute approximate surface area is 118 Å². The molecular weight excluding hydrogens is 260 g/mol. The molecule has 0 bridgehead atoms. The number of hydrogen-bond donors (Lipinski definition) is 2. The fourth-order valence-electron chi connectivity index (χ4n) is 2.44. The maximum absolute atomic E-state index is 12.2. The zero-order valence-corrected chi connectivity index (χ0v) is 11.7. The van der Waals surface area contributed by atoms with E-state index in [0.717, 1.165) is 19.3 Å². The van der Waals surface area contributed by atoms with E-state index in [1.54, 1.807) is 31.4 Å². The number of carbonyl (C=O) groups excluding carboxylic acids is 1. The predicted molar refractivity (Wildman–Crippen MR) is 78.2 cm³/mol. The Kier molecular flexibility index (Phi) is 4.50. The van der Waals surface area contributed by atoms with Crippen LogP contribution in [0.15, 0.2) is 24.3 Å². The summed E-state index contributed by atoms with van der Waals surface area (Å²) < 4.78 is 5.37. The number of methoxy groups -OCH3 is 1. The number of hydrogen-bond acceptors (Lipinski definition) is 3. The molecule has 102 valence electrons. The van der Waals surface area contributed by atoms with E-state index in [4.69, 9.17) is 22.7 Å². The van der Waals surface area contributed by atoms with Gasteiger partial charge in [-0.25, -0.2) is 0 Å². The van der Waals surface area contributed by atoms with E-state index in [1.807, 2.05) is 0 Å². The van der Waals surface area contributed by atoms with Crippen molar-refractivity contribution in [2.75, 3.05) is 7.11 Å². The summed E-state index contributed by atoms with van der Waals surface area (Å²) in [4.78, 5) is 12.5. The fourth-order valence-corrected chi connectivity index (χ4v) is 2.57. The number of nitrogens with two attached hydrogens (primary N) is 1. The van der Waals surface area contributed by atoms with Crippen molar-refractivity contribution in [3.05, 3.63) is 35.4 Å². The molecule has 2 unspecified atom stereocenters. The minimum atomic E-state index is -0.105. The maximum Gasteiger partial charge on any atom is 0.251 e. The summed E-state index contributed by atoms with van der Waals surface area (Å²) >= 11 is 4.92. The van der Waals surface area contributed by atoms with E-state index in [9.17, 15) is 4.79 Å². The smallest absolute Gasteiger partial charge is 0.251 e. The second kappa shape index (κ2) is 6.12. The molecule has 0 aromatic heterocycles. The molecule has 1 amide bonds. The van der Waals surface area contributed by atoms with Crippen LogP contribution in [-0.2, 0) is 4.74 Å². The van der Waals surface area contributed by atoms with Crippen molar-refractivity contribution in [1.29, 1.82) is 0 Å². The summed E-state index contributed by atoms with van der Waals surface area (Å²) in [5.74, 6) is -0.105. The highest BCUT2D eigenvalue weighted by molar-refractivity contribution is 7.80. The predicted octanol–water partition coefficient (Wildman–Crippen LogP) is 1.62. The van der Waals surface area contributed by atoms with Crippen LogP contribution in [0.5, 0.6) is 0 Å². The monoisotopic (exact) mass is 278 g/mol. The van der Waals surface area contributed by atoms with Gasteiger partial charge in [-0.15, -0.1) is 0 Å². The molecule has 0 heterocycles. The first-order valence-corrected chi connectivity index (χ1v) is 6.76. The second-order valence-electron chi connectivity index (χ2n) is 4.73. The molecule has 4 nitrogen and oxygen atoms in total. The van der Waals surface area contributed by atoms with Gasteiger partial charge in [0.15, 0.2) is 0 Å². The van der Waals surface area contributed by atoms with Gasteiger partial charge >= 0.3 is 0 Å². The molecule has 0 aliphatic heterocycles. The van der Waals surface area contributed by atoms with E-state index >= 15 is 0 Å². The van der Waals surface area contributed by atoms with Crippen molar-refractivity contribution in [3.8, 4) is 0 Å². The molecule has 3 N–H and O–H groups in total. The molecule has 0 saturated heterocycles. The van der Waals surface area contributed by atoms with Gasteiger partial charge in [0.2, 0.25) is 0 Å². The number of nitrogens with one attached hydrogen (secondary N) is 1. The highest BCUT2D eigenvalue weighted by Gasteiger charge is 2.28. The molecule has 1 aliphatic rings. The molecule has 2 rings (SSSR count). The number of amides is 1. The van der Waals surface area contributed by atoms with Crippen molar-refractivity contribution in [1.82, 2.24) is 5.32 Å². The first-order valence-electron chi connectivity index (χ1n) is 6.35. The standard InChI is InChI=1S/C14H18N2O2S/c1-18-12-7-3-6-11(12)16-14(17)10-5-2-4-9(8-10)13(15)19/h2,4-5,8,11-12H,3,6-7H2,1H3,(H2,15,19)(H,16,17). The third-order valence-corrected chi connectivity index (χ3v) is 3.72. The van der Waals surface area contributed by atoms with Gasteiger partial charge in [0.1, 0.15) is 4.99 Å². The first-order chi connectivity index (χ1) is 9.11. The van der Waals surface area contributed by atoms with E-state index in [2.05, 4.69) is 5.32 Å². The lowest BCUT2D eigenvalue weighted by Crippen LogP contribution is -2.40. The van der Waals surface area contributed by atoms with Crippen molar-refractivity contribution in [3.63, 3.8) is 0 Å². The first kappa shape index (κ1) is 14.0. The third kappa shape index (κ3) is 3.30. The largest absolute Gasteiger partial charge is 0.389 e.